The van der Waals surface area contributed by atoms with Crippen molar-refractivity contribution in [2.75, 3.05) is 0 Å². The van der Waals surface area contributed by atoms with Crippen LogP contribution in [0.25, 0.3) is 17.2 Å². The first kappa shape index (κ1) is 14.2. The van der Waals surface area contributed by atoms with Crippen LogP contribution in [0.15, 0.2) is 49.0 Å². The van der Waals surface area contributed by atoms with E-state index in [0.29, 0.717) is 11.1 Å². The molecule has 0 N–H and O–H groups in total. The van der Waals surface area contributed by atoms with Crippen LogP contribution in [0.2, 0.25) is 0 Å². The van der Waals surface area contributed by atoms with Gasteiger partial charge in [0.2, 0.25) is 0 Å². The summed E-state index contributed by atoms with van der Waals surface area (Å²) in [6.07, 6.45) is -3.38. The molecule has 104 valence electrons. The summed E-state index contributed by atoms with van der Waals surface area (Å²) in [4.78, 5) is 0. The van der Waals surface area contributed by atoms with Crippen LogP contribution in [0, 0.1) is 6.92 Å². The van der Waals surface area contributed by atoms with Gasteiger partial charge in [-0.1, -0.05) is 54.6 Å². The Hall–Kier alpha value is -2.23. The van der Waals surface area contributed by atoms with Crippen molar-refractivity contribution >= 4 is 6.08 Å². The minimum atomic E-state index is -4.72. The fourth-order valence-corrected chi connectivity index (χ4v) is 1.92. The van der Waals surface area contributed by atoms with E-state index in [4.69, 9.17) is 0 Å². The molecule has 0 bridgehead atoms. The van der Waals surface area contributed by atoms with E-state index in [9.17, 15) is 13.2 Å². The lowest BCUT2D eigenvalue weighted by Crippen LogP contribution is -2.17. The number of hydrogen-bond acceptors (Lipinski definition) is 1. The normalized spacial score (nSPS) is 11.2. The van der Waals surface area contributed by atoms with Gasteiger partial charge in [-0.2, -0.15) is 0 Å². The second kappa shape index (κ2) is 5.41. The highest BCUT2D eigenvalue weighted by Crippen LogP contribution is 2.32. The van der Waals surface area contributed by atoms with Crippen molar-refractivity contribution in [3.8, 4) is 16.9 Å². The minimum Gasteiger partial charge on any atom is -0.405 e. The molecular formula is C16H13F3O. The van der Waals surface area contributed by atoms with Gasteiger partial charge in [0, 0.05) is 5.56 Å². The number of ether oxygens (including phenoxy) is 1. The molecule has 0 heterocycles. The van der Waals surface area contributed by atoms with Crippen molar-refractivity contribution in [1.82, 2.24) is 0 Å². The average Bonchev–Trinajstić information content (AvgIpc) is 2.37. The molecule has 0 radical (unpaired) electrons. The van der Waals surface area contributed by atoms with E-state index >= 15 is 0 Å². The van der Waals surface area contributed by atoms with E-state index in [1.165, 1.54) is 12.1 Å². The van der Waals surface area contributed by atoms with E-state index in [2.05, 4.69) is 11.3 Å². The van der Waals surface area contributed by atoms with E-state index < -0.39 is 6.36 Å². The van der Waals surface area contributed by atoms with Gasteiger partial charge in [0.25, 0.3) is 0 Å². The molecule has 20 heavy (non-hydrogen) atoms. The highest BCUT2D eigenvalue weighted by molar-refractivity contribution is 5.70. The maximum atomic E-state index is 12.4. The molecule has 0 aliphatic carbocycles. The first-order chi connectivity index (χ1) is 9.39. The molecule has 2 aromatic rings. The largest absolute Gasteiger partial charge is 0.573 e. The van der Waals surface area contributed by atoms with E-state index in [-0.39, 0.29) is 5.75 Å². The average molecular weight is 278 g/mol. The Morgan fingerprint density at radius 2 is 1.75 bits per heavy atom. The predicted octanol–water partition coefficient (Wildman–Crippen LogP) is 5.20. The second-order valence-electron chi connectivity index (χ2n) is 4.37. The van der Waals surface area contributed by atoms with Crippen molar-refractivity contribution in [1.29, 1.82) is 0 Å². The summed E-state index contributed by atoms with van der Waals surface area (Å²) in [6.45, 7) is 5.42. The molecule has 2 aromatic carbocycles. The van der Waals surface area contributed by atoms with Crippen LogP contribution in [-0.4, -0.2) is 6.36 Å². The van der Waals surface area contributed by atoms with Gasteiger partial charge in [-0.25, -0.2) is 0 Å². The Kier molecular flexibility index (Phi) is 3.84. The summed E-state index contributed by atoms with van der Waals surface area (Å²) >= 11 is 0. The molecule has 0 aliphatic rings. The van der Waals surface area contributed by atoms with Crippen molar-refractivity contribution in [2.24, 2.45) is 0 Å². The Morgan fingerprint density at radius 1 is 1.05 bits per heavy atom. The van der Waals surface area contributed by atoms with Crippen LogP contribution >= 0.6 is 0 Å². The smallest absolute Gasteiger partial charge is 0.405 e. The van der Waals surface area contributed by atoms with Crippen LogP contribution in [-0.2, 0) is 0 Å². The first-order valence-electron chi connectivity index (χ1n) is 5.98. The Balaban J connectivity index is 2.46. The quantitative estimate of drug-likeness (QED) is 0.749. The number of benzene rings is 2. The summed E-state index contributed by atoms with van der Waals surface area (Å²) in [5, 5.41) is 0. The zero-order valence-corrected chi connectivity index (χ0v) is 10.9. The standard InChI is InChI=1S/C16H13F3O/c1-3-12-7-8-14(10-15(12)20-16(17,18)19)13-6-4-5-11(2)9-13/h3-10H,1H2,2H3. The summed E-state index contributed by atoms with van der Waals surface area (Å²) < 4.78 is 41.2. The third kappa shape index (κ3) is 3.41. The van der Waals surface area contributed by atoms with Crippen molar-refractivity contribution in [2.45, 2.75) is 13.3 Å². The summed E-state index contributed by atoms with van der Waals surface area (Å²) in [7, 11) is 0. The molecule has 0 aromatic heterocycles. The lowest BCUT2D eigenvalue weighted by Gasteiger charge is -2.13. The molecule has 0 unspecified atom stereocenters. The molecule has 0 spiro atoms. The van der Waals surface area contributed by atoms with Gasteiger partial charge < -0.3 is 4.74 Å². The van der Waals surface area contributed by atoms with Crippen LogP contribution in [0.3, 0.4) is 0 Å². The van der Waals surface area contributed by atoms with E-state index in [1.54, 1.807) is 12.1 Å². The van der Waals surface area contributed by atoms with Gasteiger partial charge in [-0.05, 0) is 24.1 Å². The Labute approximate surface area is 115 Å². The minimum absolute atomic E-state index is 0.244. The maximum absolute atomic E-state index is 12.4. The molecule has 1 nitrogen and oxygen atoms in total. The van der Waals surface area contributed by atoms with Crippen LogP contribution in [0.1, 0.15) is 11.1 Å². The molecule has 0 amide bonds. The second-order valence-corrected chi connectivity index (χ2v) is 4.37. The molecule has 2 rings (SSSR count). The van der Waals surface area contributed by atoms with Crippen LogP contribution in [0.5, 0.6) is 5.75 Å². The molecule has 0 atom stereocenters. The molecular weight excluding hydrogens is 265 g/mol. The number of alkyl halides is 3. The van der Waals surface area contributed by atoms with Gasteiger partial charge in [0.15, 0.2) is 0 Å². The van der Waals surface area contributed by atoms with Crippen molar-refractivity contribution in [3.05, 3.63) is 60.2 Å². The van der Waals surface area contributed by atoms with E-state index in [0.717, 1.165) is 11.1 Å². The summed E-state index contributed by atoms with van der Waals surface area (Å²) in [6, 6.07) is 12.2. The number of aryl methyl sites for hydroxylation is 1. The van der Waals surface area contributed by atoms with Crippen LogP contribution in [0.4, 0.5) is 13.2 Å². The van der Waals surface area contributed by atoms with Crippen LogP contribution < -0.4 is 4.74 Å². The Morgan fingerprint density at radius 3 is 2.35 bits per heavy atom. The van der Waals surface area contributed by atoms with Gasteiger partial charge in [0.1, 0.15) is 5.75 Å². The highest BCUT2D eigenvalue weighted by Gasteiger charge is 2.32. The van der Waals surface area contributed by atoms with Gasteiger partial charge in [0.05, 0.1) is 0 Å². The third-order valence-corrected chi connectivity index (χ3v) is 2.81. The molecule has 0 fully saturated rings. The predicted molar refractivity (Wildman–Crippen MR) is 73.4 cm³/mol. The maximum Gasteiger partial charge on any atom is 0.573 e. The lowest BCUT2D eigenvalue weighted by atomic mass is 10.0. The molecule has 0 saturated carbocycles. The lowest BCUT2D eigenvalue weighted by molar-refractivity contribution is -0.274. The Bertz CT molecular complexity index is 630. The fourth-order valence-electron chi connectivity index (χ4n) is 1.92. The molecule has 0 aliphatic heterocycles. The van der Waals surface area contributed by atoms with E-state index in [1.807, 2.05) is 31.2 Å². The number of hydrogen-bond donors (Lipinski definition) is 0. The third-order valence-electron chi connectivity index (χ3n) is 2.81. The highest BCUT2D eigenvalue weighted by atomic mass is 19.4. The zero-order valence-electron chi connectivity index (χ0n) is 10.9. The molecule has 4 heteroatoms. The number of rotatable bonds is 3. The first-order valence-corrected chi connectivity index (χ1v) is 5.98. The monoisotopic (exact) mass is 278 g/mol. The number of halogens is 3. The molecule has 0 saturated heterocycles. The van der Waals surface area contributed by atoms with Crippen molar-refractivity contribution in [3.63, 3.8) is 0 Å². The zero-order chi connectivity index (χ0) is 14.8. The fraction of sp³-hybridized carbons (Fsp3) is 0.125. The summed E-state index contributed by atoms with van der Waals surface area (Å²) in [5.74, 6) is -0.244. The van der Waals surface area contributed by atoms with Crippen molar-refractivity contribution < 1.29 is 17.9 Å². The SMILES string of the molecule is C=Cc1ccc(-c2cccc(C)c2)cc1OC(F)(F)F. The van der Waals surface area contributed by atoms with Gasteiger partial charge >= 0.3 is 6.36 Å². The van der Waals surface area contributed by atoms with Gasteiger partial charge in [-0.3, -0.25) is 0 Å². The topological polar surface area (TPSA) is 9.23 Å². The summed E-state index contributed by atoms with van der Waals surface area (Å²) in [5.41, 5.74) is 2.85. The van der Waals surface area contributed by atoms with Gasteiger partial charge in [-0.15, -0.1) is 13.2 Å².